The minimum atomic E-state index is -4.41. The van der Waals surface area contributed by atoms with Gasteiger partial charge in [0.05, 0.1) is 17.5 Å². The number of benzene rings is 1. The third-order valence-corrected chi connectivity index (χ3v) is 4.90. The number of nitrogens with zero attached hydrogens (tertiary/aromatic N) is 2. The average molecular weight is 345 g/mol. The van der Waals surface area contributed by atoms with Crippen LogP contribution in [0.5, 0.6) is 0 Å². The van der Waals surface area contributed by atoms with Gasteiger partial charge < -0.3 is 0 Å². The molecule has 1 aromatic heterocycles. The maximum atomic E-state index is 12.6. The molecule has 0 unspecified atom stereocenters. The van der Waals surface area contributed by atoms with E-state index in [0.29, 0.717) is 42.0 Å². The van der Waals surface area contributed by atoms with E-state index in [0.717, 1.165) is 18.4 Å². The first-order valence-electron chi connectivity index (χ1n) is 6.90. The molecule has 0 bridgehead atoms. The number of fused-ring (bicyclic) bond motifs is 1. The molecule has 2 heterocycles. The van der Waals surface area contributed by atoms with Crippen molar-refractivity contribution in [2.24, 2.45) is 0 Å². The van der Waals surface area contributed by atoms with E-state index in [1.807, 2.05) is 0 Å². The molecular formula is C14H14F3N3O2S. The molecule has 0 saturated carbocycles. The smallest absolute Gasteiger partial charge is 0.280 e. The lowest BCUT2D eigenvalue weighted by molar-refractivity contribution is -0.137. The summed E-state index contributed by atoms with van der Waals surface area (Å²) in [6, 6.07) is 4.52. The number of anilines is 1. The standard InChI is InChI=1S/C14H14F3N3O2S/c1-23(21,22)20-8-2-3-11-13(20)12(19-18-11)9-4-6-10(7-5-9)14(15,16)17/h4-7H,2-3,8H2,1H3,(H,18,19). The second-order valence-corrected chi connectivity index (χ2v) is 7.32. The molecule has 9 heteroatoms. The second-order valence-electron chi connectivity index (χ2n) is 5.41. The van der Waals surface area contributed by atoms with Crippen molar-refractivity contribution >= 4 is 15.7 Å². The lowest BCUT2D eigenvalue weighted by atomic mass is 10.0. The Bertz CT molecular complexity index is 826. The van der Waals surface area contributed by atoms with Crippen LogP contribution in [-0.2, 0) is 22.6 Å². The topological polar surface area (TPSA) is 66.1 Å². The summed E-state index contributed by atoms with van der Waals surface area (Å²) in [5.41, 5.74) is 1.13. The van der Waals surface area contributed by atoms with Gasteiger partial charge in [0, 0.05) is 12.1 Å². The fraction of sp³-hybridized carbons (Fsp3) is 0.357. The number of hydrogen-bond acceptors (Lipinski definition) is 3. The van der Waals surface area contributed by atoms with Gasteiger partial charge in [-0.3, -0.25) is 9.40 Å². The zero-order chi connectivity index (χ0) is 16.8. The summed E-state index contributed by atoms with van der Waals surface area (Å²) in [7, 11) is -3.48. The Morgan fingerprint density at radius 3 is 2.43 bits per heavy atom. The summed E-state index contributed by atoms with van der Waals surface area (Å²) >= 11 is 0. The number of hydrogen-bond donors (Lipinski definition) is 1. The Morgan fingerprint density at radius 2 is 1.87 bits per heavy atom. The van der Waals surface area contributed by atoms with Gasteiger partial charge in [-0.25, -0.2) is 8.42 Å². The number of aromatic amines is 1. The maximum Gasteiger partial charge on any atom is 0.416 e. The molecule has 0 fully saturated rings. The van der Waals surface area contributed by atoms with Crippen molar-refractivity contribution in [3.05, 3.63) is 35.5 Å². The molecule has 3 rings (SSSR count). The third kappa shape index (κ3) is 2.92. The largest absolute Gasteiger partial charge is 0.416 e. The van der Waals surface area contributed by atoms with E-state index in [4.69, 9.17) is 0 Å². The van der Waals surface area contributed by atoms with Gasteiger partial charge in [0.25, 0.3) is 0 Å². The highest BCUT2D eigenvalue weighted by Gasteiger charge is 2.32. The Hall–Kier alpha value is -2.03. The molecule has 1 N–H and O–H groups in total. The first-order valence-corrected chi connectivity index (χ1v) is 8.75. The zero-order valence-corrected chi connectivity index (χ0v) is 13.0. The van der Waals surface area contributed by atoms with Crippen molar-refractivity contribution in [2.75, 3.05) is 17.1 Å². The summed E-state index contributed by atoms with van der Waals surface area (Å²) in [5, 5.41) is 6.90. The van der Waals surface area contributed by atoms with Gasteiger partial charge in [-0.1, -0.05) is 12.1 Å². The molecule has 124 valence electrons. The van der Waals surface area contributed by atoms with Crippen molar-refractivity contribution in [1.29, 1.82) is 0 Å². The van der Waals surface area contributed by atoms with Crippen molar-refractivity contribution in [3.8, 4) is 11.3 Å². The molecule has 0 spiro atoms. The molecule has 0 aliphatic carbocycles. The van der Waals surface area contributed by atoms with E-state index in [1.165, 1.54) is 16.4 Å². The van der Waals surface area contributed by atoms with Gasteiger partial charge in [-0.2, -0.15) is 18.3 Å². The van der Waals surface area contributed by atoms with Crippen molar-refractivity contribution < 1.29 is 21.6 Å². The lowest BCUT2D eigenvalue weighted by Crippen LogP contribution is -2.34. The molecule has 0 atom stereocenters. The molecule has 1 aliphatic heterocycles. The van der Waals surface area contributed by atoms with Crippen LogP contribution in [0, 0.1) is 0 Å². The summed E-state index contributed by atoms with van der Waals surface area (Å²) < 4.78 is 63.1. The number of halogens is 3. The lowest BCUT2D eigenvalue weighted by Gasteiger charge is -2.27. The van der Waals surface area contributed by atoms with Crippen LogP contribution in [0.1, 0.15) is 17.7 Å². The highest BCUT2D eigenvalue weighted by molar-refractivity contribution is 7.92. The van der Waals surface area contributed by atoms with Gasteiger partial charge >= 0.3 is 6.18 Å². The Labute approximate surface area is 131 Å². The van der Waals surface area contributed by atoms with E-state index in [-0.39, 0.29) is 0 Å². The van der Waals surface area contributed by atoms with Crippen LogP contribution in [0.15, 0.2) is 24.3 Å². The molecule has 1 aliphatic rings. The normalized spacial score (nSPS) is 15.6. The first-order chi connectivity index (χ1) is 10.7. The number of nitrogens with one attached hydrogen (secondary N) is 1. The van der Waals surface area contributed by atoms with Crippen molar-refractivity contribution in [1.82, 2.24) is 10.2 Å². The van der Waals surface area contributed by atoms with Crippen LogP contribution < -0.4 is 4.31 Å². The van der Waals surface area contributed by atoms with Crippen molar-refractivity contribution in [2.45, 2.75) is 19.0 Å². The number of aryl methyl sites for hydroxylation is 1. The first kappa shape index (κ1) is 15.9. The summed E-state index contributed by atoms with van der Waals surface area (Å²) in [5.74, 6) is 0. The predicted molar refractivity (Wildman–Crippen MR) is 79.5 cm³/mol. The fourth-order valence-corrected chi connectivity index (χ4v) is 3.67. The number of rotatable bonds is 2. The van der Waals surface area contributed by atoms with Gasteiger partial charge in [-0.15, -0.1) is 0 Å². The van der Waals surface area contributed by atoms with E-state index in [1.54, 1.807) is 0 Å². The zero-order valence-electron chi connectivity index (χ0n) is 12.2. The Morgan fingerprint density at radius 1 is 1.22 bits per heavy atom. The van der Waals surface area contributed by atoms with E-state index in [2.05, 4.69) is 10.2 Å². The number of alkyl halides is 3. The highest BCUT2D eigenvalue weighted by Crippen LogP contribution is 2.38. The molecular weight excluding hydrogens is 331 g/mol. The van der Waals surface area contributed by atoms with Gasteiger partial charge in [0.1, 0.15) is 11.4 Å². The van der Waals surface area contributed by atoms with Crippen LogP contribution in [-0.4, -0.2) is 31.4 Å². The van der Waals surface area contributed by atoms with E-state index in [9.17, 15) is 21.6 Å². The van der Waals surface area contributed by atoms with E-state index >= 15 is 0 Å². The quantitative estimate of drug-likeness (QED) is 0.910. The van der Waals surface area contributed by atoms with Gasteiger partial charge in [-0.05, 0) is 25.0 Å². The van der Waals surface area contributed by atoms with Crippen LogP contribution in [0.25, 0.3) is 11.3 Å². The van der Waals surface area contributed by atoms with Gasteiger partial charge in [0.2, 0.25) is 10.0 Å². The third-order valence-electron chi connectivity index (χ3n) is 3.74. The van der Waals surface area contributed by atoms with Gasteiger partial charge in [0.15, 0.2) is 0 Å². The summed E-state index contributed by atoms with van der Waals surface area (Å²) in [6.07, 6.45) is -2.00. The monoisotopic (exact) mass is 345 g/mol. The number of sulfonamides is 1. The van der Waals surface area contributed by atoms with E-state index < -0.39 is 21.8 Å². The summed E-state index contributed by atoms with van der Waals surface area (Å²) in [4.78, 5) is 0. The fourth-order valence-electron chi connectivity index (χ4n) is 2.68. The predicted octanol–water partition coefficient (Wildman–Crippen LogP) is 2.81. The number of aromatic nitrogens is 2. The molecule has 5 nitrogen and oxygen atoms in total. The SMILES string of the molecule is CS(=O)(=O)N1CCCc2[nH]nc(-c3ccc(C(F)(F)F)cc3)c21. The molecule has 2 aromatic rings. The minimum absolute atomic E-state index is 0.332. The van der Waals surface area contributed by atoms with Crippen LogP contribution >= 0.6 is 0 Å². The Balaban J connectivity index is 2.07. The molecule has 1 aromatic carbocycles. The van der Waals surface area contributed by atoms with Crippen LogP contribution in [0.4, 0.5) is 18.9 Å². The maximum absolute atomic E-state index is 12.6. The minimum Gasteiger partial charge on any atom is -0.280 e. The van der Waals surface area contributed by atoms with Crippen molar-refractivity contribution in [3.63, 3.8) is 0 Å². The molecule has 0 radical (unpaired) electrons. The average Bonchev–Trinajstić information content (AvgIpc) is 2.89. The second kappa shape index (κ2) is 5.26. The number of H-pyrrole nitrogens is 1. The Kier molecular flexibility index (Phi) is 3.62. The molecule has 0 amide bonds. The molecule has 0 saturated heterocycles. The molecule has 23 heavy (non-hydrogen) atoms. The van der Waals surface area contributed by atoms with Crippen LogP contribution in [0.2, 0.25) is 0 Å². The summed E-state index contributed by atoms with van der Waals surface area (Å²) in [6.45, 7) is 0.332. The highest BCUT2D eigenvalue weighted by atomic mass is 32.2. The van der Waals surface area contributed by atoms with Crippen LogP contribution in [0.3, 0.4) is 0 Å².